The van der Waals surface area contributed by atoms with Gasteiger partial charge in [-0.25, -0.2) is 8.42 Å². The fourth-order valence-electron chi connectivity index (χ4n) is 2.72. The smallest absolute Gasteiger partial charge is 0.243 e. The van der Waals surface area contributed by atoms with Crippen LogP contribution in [0.5, 0.6) is 5.75 Å². The zero-order chi connectivity index (χ0) is 17.6. The third-order valence-electron chi connectivity index (χ3n) is 3.95. The molecule has 0 unspecified atom stereocenters. The third-order valence-corrected chi connectivity index (χ3v) is 5.83. The van der Waals surface area contributed by atoms with Gasteiger partial charge in [0.15, 0.2) is 0 Å². The lowest BCUT2D eigenvalue weighted by Gasteiger charge is -2.31. The molecule has 1 aromatic rings. The molecule has 1 heterocycles. The van der Waals surface area contributed by atoms with Gasteiger partial charge in [0.05, 0.1) is 17.4 Å². The molecule has 6 nitrogen and oxygen atoms in total. The molecule has 132 valence electrons. The molecule has 1 aliphatic heterocycles. The van der Waals surface area contributed by atoms with Crippen LogP contribution in [0.25, 0.3) is 0 Å². The molecule has 1 aromatic carbocycles. The Labute approximate surface area is 143 Å². The standard InChI is InChI=1S/C17H24N2O4S/c1-3-11-18-17(20)14-6-5-12-19(13-14)24(21,22)16-9-7-15(8-10-16)23-4-2/h3,7-10,14H,1,4-6,11-13H2,2H3,(H,18,20)/t14-/m1/s1. The number of amides is 1. The van der Waals surface area contributed by atoms with Crippen LogP contribution in [-0.2, 0) is 14.8 Å². The summed E-state index contributed by atoms with van der Waals surface area (Å²) in [5.74, 6) is 0.189. The number of carbonyl (C=O) groups is 1. The van der Waals surface area contributed by atoms with E-state index in [1.165, 1.54) is 4.31 Å². The van der Waals surface area contributed by atoms with Crippen LogP contribution >= 0.6 is 0 Å². The number of hydrogen-bond donors (Lipinski definition) is 1. The van der Waals surface area contributed by atoms with Gasteiger partial charge in [-0.15, -0.1) is 6.58 Å². The van der Waals surface area contributed by atoms with E-state index < -0.39 is 10.0 Å². The van der Waals surface area contributed by atoms with Crippen LogP contribution in [0, 0.1) is 5.92 Å². The Hall–Kier alpha value is -1.86. The van der Waals surface area contributed by atoms with E-state index in [2.05, 4.69) is 11.9 Å². The van der Waals surface area contributed by atoms with Gasteiger partial charge < -0.3 is 10.1 Å². The van der Waals surface area contributed by atoms with E-state index in [4.69, 9.17) is 4.74 Å². The molecule has 0 saturated carbocycles. The van der Waals surface area contributed by atoms with Crippen LogP contribution < -0.4 is 10.1 Å². The number of hydrogen-bond acceptors (Lipinski definition) is 4. The first-order chi connectivity index (χ1) is 11.5. The molecule has 24 heavy (non-hydrogen) atoms. The van der Waals surface area contributed by atoms with E-state index in [-0.39, 0.29) is 23.3 Å². The zero-order valence-corrected chi connectivity index (χ0v) is 14.7. The molecular formula is C17H24N2O4S. The second kappa shape index (κ2) is 8.30. The van der Waals surface area contributed by atoms with Crippen molar-refractivity contribution in [1.82, 2.24) is 9.62 Å². The fraction of sp³-hybridized carbons (Fsp3) is 0.471. The zero-order valence-electron chi connectivity index (χ0n) is 13.9. The number of ether oxygens (including phenoxy) is 1. The quantitative estimate of drug-likeness (QED) is 0.759. The summed E-state index contributed by atoms with van der Waals surface area (Å²) in [6.45, 7) is 6.99. The van der Waals surface area contributed by atoms with E-state index in [0.717, 1.165) is 0 Å². The van der Waals surface area contributed by atoms with Crippen LogP contribution in [0.4, 0.5) is 0 Å². The van der Waals surface area contributed by atoms with Gasteiger partial charge in [0, 0.05) is 19.6 Å². The number of benzene rings is 1. The second-order valence-electron chi connectivity index (χ2n) is 5.64. The summed E-state index contributed by atoms with van der Waals surface area (Å²) in [4.78, 5) is 12.3. The molecular weight excluding hydrogens is 328 g/mol. The van der Waals surface area contributed by atoms with Gasteiger partial charge in [0.25, 0.3) is 0 Å². The molecule has 7 heteroatoms. The summed E-state index contributed by atoms with van der Waals surface area (Å²) in [7, 11) is -3.60. The third kappa shape index (κ3) is 4.36. The van der Waals surface area contributed by atoms with Gasteiger partial charge in [0.2, 0.25) is 15.9 Å². The lowest BCUT2D eigenvalue weighted by molar-refractivity contribution is -0.125. The Balaban J connectivity index is 2.10. The summed E-state index contributed by atoms with van der Waals surface area (Å²) < 4.78 is 32.3. The highest BCUT2D eigenvalue weighted by Crippen LogP contribution is 2.25. The average molecular weight is 352 g/mol. The van der Waals surface area contributed by atoms with Crippen molar-refractivity contribution in [2.45, 2.75) is 24.7 Å². The van der Waals surface area contributed by atoms with E-state index in [9.17, 15) is 13.2 Å². The lowest BCUT2D eigenvalue weighted by atomic mass is 9.99. The summed E-state index contributed by atoms with van der Waals surface area (Å²) >= 11 is 0. The van der Waals surface area contributed by atoms with Crippen molar-refractivity contribution in [1.29, 1.82) is 0 Å². The van der Waals surface area contributed by atoms with Crippen LogP contribution in [0.1, 0.15) is 19.8 Å². The number of nitrogens with zero attached hydrogens (tertiary/aromatic N) is 1. The number of carbonyl (C=O) groups excluding carboxylic acids is 1. The largest absolute Gasteiger partial charge is 0.494 e. The maximum absolute atomic E-state index is 12.8. The van der Waals surface area contributed by atoms with Crippen molar-refractivity contribution in [3.63, 3.8) is 0 Å². The van der Waals surface area contributed by atoms with Crippen molar-refractivity contribution in [2.24, 2.45) is 5.92 Å². The minimum absolute atomic E-state index is 0.124. The molecule has 0 aliphatic carbocycles. The normalized spacial score (nSPS) is 18.8. The van der Waals surface area contributed by atoms with E-state index in [0.29, 0.717) is 38.3 Å². The minimum Gasteiger partial charge on any atom is -0.494 e. The summed E-state index contributed by atoms with van der Waals surface area (Å²) in [5.41, 5.74) is 0. The van der Waals surface area contributed by atoms with Crippen molar-refractivity contribution < 1.29 is 17.9 Å². The SMILES string of the molecule is C=CCNC(=O)[C@@H]1CCCN(S(=O)(=O)c2ccc(OCC)cc2)C1. The highest BCUT2D eigenvalue weighted by atomic mass is 32.2. The van der Waals surface area contributed by atoms with Gasteiger partial charge in [-0.3, -0.25) is 4.79 Å². The van der Waals surface area contributed by atoms with Gasteiger partial charge in [-0.05, 0) is 44.0 Å². The second-order valence-corrected chi connectivity index (χ2v) is 7.58. The Kier molecular flexibility index (Phi) is 6.39. The van der Waals surface area contributed by atoms with Gasteiger partial charge in [-0.2, -0.15) is 4.31 Å². The van der Waals surface area contributed by atoms with Gasteiger partial charge in [0.1, 0.15) is 5.75 Å². The first-order valence-electron chi connectivity index (χ1n) is 8.10. The molecule has 0 spiro atoms. The first-order valence-corrected chi connectivity index (χ1v) is 9.54. The number of piperidine rings is 1. The van der Waals surface area contributed by atoms with Crippen LogP contribution in [0.3, 0.4) is 0 Å². The minimum atomic E-state index is -3.60. The van der Waals surface area contributed by atoms with E-state index >= 15 is 0 Å². The molecule has 1 atom stereocenters. The molecule has 0 aromatic heterocycles. The van der Waals surface area contributed by atoms with E-state index in [1.54, 1.807) is 30.3 Å². The maximum Gasteiger partial charge on any atom is 0.243 e. The number of rotatable bonds is 7. The Morgan fingerprint density at radius 1 is 1.42 bits per heavy atom. The summed E-state index contributed by atoms with van der Waals surface area (Å²) in [5, 5.41) is 2.74. The van der Waals surface area contributed by atoms with Crippen molar-refractivity contribution in [3.8, 4) is 5.75 Å². The Morgan fingerprint density at radius 2 is 2.12 bits per heavy atom. The fourth-order valence-corrected chi connectivity index (χ4v) is 4.24. The molecule has 1 aliphatic rings. The lowest BCUT2D eigenvalue weighted by Crippen LogP contribution is -2.45. The summed E-state index contributed by atoms with van der Waals surface area (Å²) in [6.07, 6.45) is 2.97. The van der Waals surface area contributed by atoms with Crippen molar-refractivity contribution in [3.05, 3.63) is 36.9 Å². The van der Waals surface area contributed by atoms with Gasteiger partial charge >= 0.3 is 0 Å². The Bertz CT molecular complexity index is 670. The van der Waals surface area contributed by atoms with Crippen molar-refractivity contribution in [2.75, 3.05) is 26.2 Å². The predicted molar refractivity (Wildman–Crippen MR) is 92.3 cm³/mol. The van der Waals surface area contributed by atoms with Crippen molar-refractivity contribution >= 4 is 15.9 Å². The van der Waals surface area contributed by atoms with E-state index in [1.807, 2.05) is 6.92 Å². The molecule has 0 bridgehead atoms. The number of nitrogens with one attached hydrogen (secondary N) is 1. The van der Waals surface area contributed by atoms with Crippen LogP contribution in [-0.4, -0.2) is 44.9 Å². The molecule has 1 fully saturated rings. The molecule has 1 saturated heterocycles. The topological polar surface area (TPSA) is 75.7 Å². The molecule has 2 rings (SSSR count). The van der Waals surface area contributed by atoms with Crippen LogP contribution in [0.2, 0.25) is 0 Å². The molecule has 1 amide bonds. The highest BCUT2D eigenvalue weighted by molar-refractivity contribution is 7.89. The summed E-state index contributed by atoms with van der Waals surface area (Å²) in [6, 6.07) is 6.38. The number of sulfonamides is 1. The molecule has 1 N–H and O–H groups in total. The highest BCUT2D eigenvalue weighted by Gasteiger charge is 2.33. The van der Waals surface area contributed by atoms with Crippen LogP contribution in [0.15, 0.2) is 41.8 Å². The predicted octanol–water partition coefficient (Wildman–Crippen LogP) is 1.79. The van der Waals surface area contributed by atoms with Gasteiger partial charge in [-0.1, -0.05) is 6.08 Å². The average Bonchev–Trinajstić information content (AvgIpc) is 2.60. The maximum atomic E-state index is 12.8. The first kappa shape index (κ1) is 18.5. The molecule has 0 radical (unpaired) electrons. The Morgan fingerprint density at radius 3 is 2.75 bits per heavy atom. The monoisotopic (exact) mass is 352 g/mol.